The lowest BCUT2D eigenvalue weighted by Gasteiger charge is -2.58. The number of fused-ring (bicyclic) bond motifs is 5. The van der Waals surface area contributed by atoms with Crippen LogP contribution in [0.2, 0.25) is 0 Å². The van der Waals surface area contributed by atoms with Crippen molar-refractivity contribution >= 4 is 17.7 Å². The molecular weight excluding hydrogens is 344 g/mol. The molecule has 0 aromatic heterocycles. The molecule has 1 N–H and O–H groups in total. The molecule has 3 saturated carbocycles. The van der Waals surface area contributed by atoms with Crippen molar-refractivity contribution in [1.82, 2.24) is 0 Å². The molecule has 0 spiro atoms. The molecule has 0 unspecified atom stereocenters. The van der Waals surface area contributed by atoms with E-state index in [-0.39, 0.29) is 28.5 Å². The van der Waals surface area contributed by atoms with Gasteiger partial charge in [-0.15, -0.1) is 0 Å². The van der Waals surface area contributed by atoms with Gasteiger partial charge in [-0.1, -0.05) is 12.5 Å². The maximum absolute atomic E-state index is 12.1. The molecule has 0 saturated heterocycles. The van der Waals surface area contributed by atoms with E-state index in [0.29, 0.717) is 30.8 Å². The topological polar surface area (TPSA) is 80.7 Å². The van der Waals surface area contributed by atoms with Crippen LogP contribution in [0.1, 0.15) is 65.2 Å². The fraction of sp³-hybridized carbons (Fsp3) is 0.773. The lowest BCUT2D eigenvalue weighted by atomic mass is 9.46. The van der Waals surface area contributed by atoms with Crippen molar-refractivity contribution in [2.24, 2.45) is 34.5 Å². The minimum atomic E-state index is -0.646. The Balaban J connectivity index is 1.68. The number of esters is 1. The number of aliphatic carboxylic acids is 1. The highest BCUT2D eigenvalue weighted by molar-refractivity contribution is 5.91. The highest BCUT2D eigenvalue weighted by Crippen LogP contribution is 2.66. The predicted molar refractivity (Wildman–Crippen MR) is 98.8 cm³/mol. The first-order valence-corrected chi connectivity index (χ1v) is 10.4. The molecule has 0 heterocycles. The monoisotopic (exact) mass is 374 g/mol. The van der Waals surface area contributed by atoms with Crippen LogP contribution in [0.15, 0.2) is 11.6 Å². The molecule has 3 fully saturated rings. The third-order valence-corrected chi connectivity index (χ3v) is 8.52. The molecule has 0 aromatic rings. The fourth-order valence-electron chi connectivity index (χ4n) is 7.27. The van der Waals surface area contributed by atoms with Gasteiger partial charge in [0.15, 0.2) is 5.78 Å². The Morgan fingerprint density at radius 3 is 2.63 bits per heavy atom. The third-order valence-electron chi connectivity index (χ3n) is 8.52. The third kappa shape index (κ3) is 2.76. The molecule has 0 bridgehead atoms. The molecule has 0 aliphatic heterocycles. The number of hydrogen-bond acceptors (Lipinski definition) is 4. The van der Waals surface area contributed by atoms with Crippen LogP contribution < -0.4 is 0 Å². The van der Waals surface area contributed by atoms with E-state index in [2.05, 4.69) is 6.92 Å². The van der Waals surface area contributed by atoms with E-state index in [1.54, 1.807) is 0 Å². The zero-order valence-corrected chi connectivity index (χ0v) is 16.3. The standard InChI is InChI=1S/C22H30O5/c1-13(23)27-12-22-10-7-15(24)11-14(22)3-4-16-17-5-6-19(20(25)26)21(17,2)9-8-18(16)22/h11,16-19H,3-10,12H2,1-2H3,(H,25,26)/t16-,17-,18-,19+,21-,22-/m1/s1. The van der Waals surface area contributed by atoms with Crippen LogP contribution in [0.4, 0.5) is 0 Å². The second-order valence-electron chi connectivity index (χ2n) is 9.50. The maximum atomic E-state index is 12.1. The number of carbonyl (C=O) groups excluding carboxylic acids is 2. The number of carboxylic acid groups (broad SMARTS) is 1. The zero-order chi connectivity index (χ0) is 19.4. The number of ketones is 1. The predicted octanol–water partition coefficient (Wildman–Crippen LogP) is 3.76. The van der Waals surface area contributed by atoms with Gasteiger partial charge < -0.3 is 9.84 Å². The normalized spacial score (nSPS) is 43.2. The molecule has 0 amide bonds. The lowest BCUT2D eigenvalue weighted by molar-refractivity contribution is -0.155. The summed E-state index contributed by atoms with van der Waals surface area (Å²) in [4.78, 5) is 35.4. The minimum absolute atomic E-state index is 0.124. The van der Waals surface area contributed by atoms with Crippen LogP contribution in [-0.4, -0.2) is 29.4 Å². The van der Waals surface area contributed by atoms with Gasteiger partial charge in [0.1, 0.15) is 6.61 Å². The average Bonchev–Trinajstić information content (AvgIpc) is 2.97. The summed E-state index contributed by atoms with van der Waals surface area (Å²) >= 11 is 0. The summed E-state index contributed by atoms with van der Waals surface area (Å²) in [7, 11) is 0. The first kappa shape index (κ1) is 18.7. The highest BCUT2D eigenvalue weighted by atomic mass is 16.5. The molecule has 0 radical (unpaired) electrons. The van der Waals surface area contributed by atoms with Crippen molar-refractivity contribution in [3.63, 3.8) is 0 Å². The summed E-state index contributed by atoms with van der Waals surface area (Å²) in [6.07, 6.45) is 8.65. The van der Waals surface area contributed by atoms with Crippen molar-refractivity contribution in [3.8, 4) is 0 Å². The molecular formula is C22H30O5. The van der Waals surface area contributed by atoms with Crippen LogP contribution >= 0.6 is 0 Å². The van der Waals surface area contributed by atoms with E-state index >= 15 is 0 Å². The fourth-order valence-corrected chi connectivity index (χ4v) is 7.27. The van der Waals surface area contributed by atoms with E-state index in [0.717, 1.165) is 44.9 Å². The van der Waals surface area contributed by atoms with Crippen molar-refractivity contribution < 1.29 is 24.2 Å². The van der Waals surface area contributed by atoms with Gasteiger partial charge in [-0.3, -0.25) is 14.4 Å². The lowest BCUT2D eigenvalue weighted by Crippen LogP contribution is -2.53. The van der Waals surface area contributed by atoms with Gasteiger partial charge in [0, 0.05) is 18.8 Å². The number of carbonyl (C=O) groups is 3. The maximum Gasteiger partial charge on any atom is 0.307 e. The minimum Gasteiger partial charge on any atom is -0.481 e. The van der Waals surface area contributed by atoms with Crippen LogP contribution in [-0.2, 0) is 19.1 Å². The van der Waals surface area contributed by atoms with Crippen molar-refractivity contribution in [2.75, 3.05) is 6.61 Å². The summed E-state index contributed by atoms with van der Waals surface area (Å²) in [6.45, 7) is 4.00. The van der Waals surface area contributed by atoms with Crippen LogP contribution in [0, 0.1) is 34.5 Å². The molecule has 4 aliphatic carbocycles. The quantitative estimate of drug-likeness (QED) is 0.761. The Kier molecular flexibility index (Phi) is 4.47. The zero-order valence-electron chi connectivity index (χ0n) is 16.3. The van der Waals surface area contributed by atoms with Crippen LogP contribution in [0.5, 0.6) is 0 Å². The molecule has 148 valence electrons. The first-order chi connectivity index (χ1) is 12.8. The second-order valence-corrected chi connectivity index (χ2v) is 9.50. The van der Waals surface area contributed by atoms with Crippen LogP contribution in [0.25, 0.3) is 0 Å². The number of ether oxygens (including phenoxy) is 1. The van der Waals surface area contributed by atoms with E-state index in [4.69, 9.17) is 4.74 Å². The van der Waals surface area contributed by atoms with Gasteiger partial charge in [-0.05, 0) is 74.2 Å². The second kappa shape index (κ2) is 6.46. The summed E-state index contributed by atoms with van der Waals surface area (Å²) in [5.41, 5.74) is 0.838. The van der Waals surface area contributed by atoms with Gasteiger partial charge in [0.25, 0.3) is 0 Å². The Bertz CT molecular complexity index is 709. The molecule has 27 heavy (non-hydrogen) atoms. The molecule has 4 rings (SSSR count). The summed E-state index contributed by atoms with van der Waals surface area (Å²) in [5.74, 6) is 0.311. The summed E-state index contributed by atoms with van der Waals surface area (Å²) in [6, 6.07) is 0. The molecule has 4 aliphatic rings. The van der Waals surface area contributed by atoms with Crippen molar-refractivity contribution in [1.29, 1.82) is 0 Å². The summed E-state index contributed by atoms with van der Waals surface area (Å²) < 4.78 is 5.54. The Hall–Kier alpha value is -1.65. The van der Waals surface area contributed by atoms with Crippen molar-refractivity contribution in [2.45, 2.75) is 65.2 Å². The summed E-state index contributed by atoms with van der Waals surface area (Å²) in [5, 5.41) is 9.72. The van der Waals surface area contributed by atoms with E-state index in [1.807, 2.05) is 6.08 Å². The van der Waals surface area contributed by atoms with Gasteiger partial charge in [-0.2, -0.15) is 0 Å². The van der Waals surface area contributed by atoms with Gasteiger partial charge in [-0.25, -0.2) is 0 Å². The molecule has 0 aromatic carbocycles. The average molecular weight is 374 g/mol. The van der Waals surface area contributed by atoms with E-state index < -0.39 is 5.97 Å². The van der Waals surface area contributed by atoms with E-state index in [9.17, 15) is 19.5 Å². The smallest absolute Gasteiger partial charge is 0.307 e. The molecule has 6 atom stereocenters. The van der Waals surface area contributed by atoms with Gasteiger partial charge in [0.05, 0.1) is 5.92 Å². The van der Waals surface area contributed by atoms with Gasteiger partial charge in [0.2, 0.25) is 0 Å². The Labute approximate surface area is 160 Å². The van der Waals surface area contributed by atoms with Gasteiger partial charge >= 0.3 is 11.9 Å². The number of hydrogen-bond donors (Lipinski definition) is 1. The number of rotatable bonds is 3. The molecule has 5 nitrogen and oxygen atoms in total. The SMILES string of the molecule is CC(=O)OC[C@]12CCC(=O)C=C1CC[C@H]1[C@H]2CC[C@]2(C)[C@@H]1CC[C@H]2C(=O)O. The molecule has 5 heteroatoms. The Morgan fingerprint density at radius 2 is 1.93 bits per heavy atom. The largest absolute Gasteiger partial charge is 0.481 e. The van der Waals surface area contributed by atoms with Crippen molar-refractivity contribution in [3.05, 3.63) is 11.6 Å². The number of carboxylic acids is 1. The van der Waals surface area contributed by atoms with Crippen LogP contribution in [0.3, 0.4) is 0 Å². The van der Waals surface area contributed by atoms with E-state index in [1.165, 1.54) is 12.5 Å². The Morgan fingerprint density at radius 1 is 1.15 bits per heavy atom. The highest BCUT2D eigenvalue weighted by Gasteiger charge is 2.61. The first-order valence-electron chi connectivity index (χ1n) is 10.4.